The number of halogens is 1. The molecule has 0 amide bonds. The van der Waals surface area contributed by atoms with Crippen molar-refractivity contribution in [3.05, 3.63) is 64.5 Å². The Bertz CT molecular complexity index is 824. The van der Waals surface area contributed by atoms with Gasteiger partial charge in [-0.15, -0.1) is 0 Å². The van der Waals surface area contributed by atoms with E-state index in [0.29, 0.717) is 22.0 Å². The molecular weight excluding hydrogens is 243 g/mol. The molecule has 3 aromatic rings. The molecule has 3 rings (SSSR count). The highest BCUT2D eigenvalue weighted by molar-refractivity contribution is 5.93. The van der Waals surface area contributed by atoms with Gasteiger partial charge < -0.3 is 4.98 Å². The first-order valence-corrected chi connectivity index (χ1v) is 5.90. The average molecular weight is 254 g/mol. The molecule has 0 aliphatic heterocycles. The van der Waals surface area contributed by atoms with Gasteiger partial charge in [0.1, 0.15) is 11.3 Å². The number of nitrogens with zero attached hydrogens (tertiary/aromatic N) is 1. The normalized spacial score (nSPS) is 10.8. The molecule has 0 saturated heterocycles. The summed E-state index contributed by atoms with van der Waals surface area (Å²) in [4.78, 5) is 18.3. The number of benzene rings is 1. The number of H-pyrrole nitrogens is 1. The van der Waals surface area contributed by atoms with Crippen LogP contribution < -0.4 is 5.56 Å². The van der Waals surface area contributed by atoms with Crippen LogP contribution in [0.1, 0.15) is 5.56 Å². The fraction of sp³-hybridized carbons (Fsp3) is 0.0667. The molecule has 1 aromatic carbocycles. The van der Waals surface area contributed by atoms with Gasteiger partial charge in [-0.3, -0.25) is 9.78 Å². The van der Waals surface area contributed by atoms with Gasteiger partial charge in [-0.25, -0.2) is 4.39 Å². The summed E-state index contributed by atoms with van der Waals surface area (Å²) < 4.78 is 14.1. The Labute approximate surface area is 108 Å². The topological polar surface area (TPSA) is 45.8 Å². The maximum absolute atomic E-state index is 14.1. The summed E-state index contributed by atoms with van der Waals surface area (Å²) in [6, 6.07) is 8.53. The van der Waals surface area contributed by atoms with Crippen LogP contribution in [0.4, 0.5) is 4.39 Å². The van der Waals surface area contributed by atoms with Gasteiger partial charge >= 0.3 is 0 Å². The second-order valence-corrected chi connectivity index (χ2v) is 4.41. The summed E-state index contributed by atoms with van der Waals surface area (Å²) in [5.41, 5.74) is 2.00. The Morgan fingerprint density at radius 2 is 2.05 bits per heavy atom. The van der Waals surface area contributed by atoms with Gasteiger partial charge in [0.25, 0.3) is 5.56 Å². The fourth-order valence-corrected chi connectivity index (χ4v) is 2.15. The highest BCUT2D eigenvalue weighted by Crippen LogP contribution is 2.27. The third kappa shape index (κ3) is 1.91. The summed E-state index contributed by atoms with van der Waals surface area (Å²) >= 11 is 0. The number of nitrogens with one attached hydrogen (secondary N) is 1. The van der Waals surface area contributed by atoms with E-state index in [1.165, 1.54) is 12.3 Å². The van der Waals surface area contributed by atoms with Crippen LogP contribution in [0.2, 0.25) is 0 Å². The predicted molar refractivity (Wildman–Crippen MR) is 72.5 cm³/mol. The van der Waals surface area contributed by atoms with Gasteiger partial charge in [0, 0.05) is 28.9 Å². The Balaban J connectivity index is 2.37. The molecule has 2 aromatic heterocycles. The summed E-state index contributed by atoms with van der Waals surface area (Å²) in [5, 5.41) is 0.647. The van der Waals surface area contributed by atoms with E-state index >= 15 is 0 Å². The van der Waals surface area contributed by atoms with E-state index < -0.39 is 0 Å². The number of pyridine rings is 2. The number of hydrogen-bond donors (Lipinski definition) is 1. The summed E-state index contributed by atoms with van der Waals surface area (Å²) in [7, 11) is 0. The zero-order chi connectivity index (χ0) is 13.4. The lowest BCUT2D eigenvalue weighted by Gasteiger charge is -2.07. The molecule has 0 spiro atoms. The predicted octanol–water partition coefficient (Wildman–Crippen LogP) is 3.04. The number of rotatable bonds is 1. The zero-order valence-electron chi connectivity index (χ0n) is 10.3. The van der Waals surface area contributed by atoms with E-state index in [2.05, 4.69) is 9.97 Å². The average Bonchev–Trinajstić information content (AvgIpc) is 2.41. The summed E-state index contributed by atoms with van der Waals surface area (Å²) in [5.74, 6) is -0.308. The van der Waals surface area contributed by atoms with Crippen LogP contribution in [0.15, 0.2) is 47.5 Å². The molecule has 0 bridgehead atoms. The maximum Gasteiger partial charge on any atom is 0.274 e. The molecule has 1 N–H and O–H groups in total. The van der Waals surface area contributed by atoms with Crippen LogP contribution >= 0.6 is 0 Å². The Morgan fingerprint density at radius 1 is 1.21 bits per heavy atom. The number of aromatic amines is 1. The van der Waals surface area contributed by atoms with E-state index in [0.717, 1.165) is 5.56 Å². The molecule has 0 fully saturated rings. The highest BCUT2D eigenvalue weighted by atomic mass is 19.1. The Morgan fingerprint density at radius 3 is 2.84 bits per heavy atom. The monoisotopic (exact) mass is 254 g/mol. The lowest BCUT2D eigenvalue weighted by Crippen LogP contribution is -2.07. The smallest absolute Gasteiger partial charge is 0.274 e. The van der Waals surface area contributed by atoms with Crippen molar-refractivity contribution in [1.82, 2.24) is 9.97 Å². The molecule has 19 heavy (non-hydrogen) atoms. The number of fused-ring (bicyclic) bond motifs is 1. The number of aromatic nitrogens is 2. The third-order valence-electron chi connectivity index (χ3n) is 3.08. The fourth-order valence-electron chi connectivity index (χ4n) is 2.15. The van der Waals surface area contributed by atoms with Crippen molar-refractivity contribution in [2.75, 3.05) is 0 Å². The molecule has 0 atom stereocenters. The lowest BCUT2D eigenvalue weighted by atomic mass is 10.0. The Kier molecular flexibility index (Phi) is 2.63. The molecule has 0 aliphatic rings. The van der Waals surface area contributed by atoms with Gasteiger partial charge in [-0.05, 0) is 24.6 Å². The minimum Gasteiger partial charge on any atom is -0.327 e. The first kappa shape index (κ1) is 11.6. The first-order chi connectivity index (χ1) is 9.16. The summed E-state index contributed by atoms with van der Waals surface area (Å²) in [6.45, 7) is 1.83. The van der Waals surface area contributed by atoms with Gasteiger partial charge in [0.2, 0.25) is 0 Å². The molecule has 0 saturated carbocycles. The summed E-state index contributed by atoms with van der Waals surface area (Å²) in [6.07, 6.45) is 3.08. The lowest BCUT2D eigenvalue weighted by molar-refractivity contribution is 0.630. The zero-order valence-corrected chi connectivity index (χ0v) is 10.3. The highest BCUT2D eigenvalue weighted by Gasteiger charge is 2.11. The van der Waals surface area contributed by atoms with Crippen molar-refractivity contribution >= 4 is 10.9 Å². The van der Waals surface area contributed by atoms with Crippen LogP contribution in [-0.4, -0.2) is 9.97 Å². The van der Waals surface area contributed by atoms with Crippen molar-refractivity contribution in [1.29, 1.82) is 0 Å². The van der Waals surface area contributed by atoms with Crippen LogP contribution in [0.5, 0.6) is 0 Å². The molecule has 0 unspecified atom stereocenters. The van der Waals surface area contributed by atoms with E-state index in [1.807, 2.05) is 13.0 Å². The van der Waals surface area contributed by atoms with Crippen LogP contribution in [-0.2, 0) is 0 Å². The standard InChI is InChI=1S/C15H11FN2O/c1-9-4-5-10(13(16)7-9)12-8-18-15(19)14-11(12)3-2-6-17-14/h2-8H,1H3,(H,18,19). The van der Waals surface area contributed by atoms with Crippen molar-refractivity contribution in [2.45, 2.75) is 6.92 Å². The molecule has 0 radical (unpaired) electrons. The van der Waals surface area contributed by atoms with Gasteiger partial charge in [-0.1, -0.05) is 18.2 Å². The molecule has 4 heteroatoms. The minimum absolute atomic E-state index is 0.271. The second kappa shape index (κ2) is 4.31. The SMILES string of the molecule is Cc1ccc(-c2c[nH]c(=O)c3ncccc23)c(F)c1. The Hall–Kier alpha value is -2.49. The van der Waals surface area contributed by atoms with Crippen LogP contribution in [0.3, 0.4) is 0 Å². The van der Waals surface area contributed by atoms with Crippen molar-refractivity contribution in [3.63, 3.8) is 0 Å². The van der Waals surface area contributed by atoms with Crippen molar-refractivity contribution in [2.24, 2.45) is 0 Å². The van der Waals surface area contributed by atoms with E-state index in [1.54, 1.807) is 24.4 Å². The molecular formula is C15H11FN2O. The minimum atomic E-state index is -0.308. The van der Waals surface area contributed by atoms with Gasteiger partial charge in [-0.2, -0.15) is 0 Å². The third-order valence-corrected chi connectivity index (χ3v) is 3.08. The van der Waals surface area contributed by atoms with E-state index in [-0.39, 0.29) is 11.4 Å². The van der Waals surface area contributed by atoms with E-state index in [4.69, 9.17) is 0 Å². The maximum atomic E-state index is 14.1. The number of aryl methyl sites for hydroxylation is 1. The molecule has 3 nitrogen and oxygen atoms in total. The molecule has 2 heterocycles. The van der Waals surface area contributed by atoms with Crippen molar-refractivity contribution < 1.29 is 4.39 Å². The largest absolute Gasteiger partial charge is 0.327 e. The van der Waals surface area contributed by atoms with Gasteiger partial charge in [0.05, 0.1) is 0 Å². The molecule has 0 aliphatic carbocycles. The van der Waals surface area contributed by atoms with Crippen molar-refractivity contribution in [3.8, 4) is 11.1 Å². The number of hydrogen-bond acceptors (Lipinski definition) is 2. The van der Waals surface area contributed by atoms with E-state index in [9.17, 15) is 9.18 Å². The molecule has 94 valence electrons. The second-order valence-electron chi connectivity index (χ2n) is 4.41. The first-order valence-electron chi connectivity index (χ1n) is 5.90. The van der Waals surface area contributed by atoms with Crippen LogP contribution in [0.25, 0.3) is 22.0 Å². The van der Waals surface area contributed by atoms with Crippen LogP contribution in [0, 0.1) is 12.7 Å². The van der Waals surface area contributed by atoms with Gasteiger partial charge in [0.15, 0.2) is 0 Å². The quantitative estimate of drug-likeness (QED) is 0.725.